The normalized spacial score (nSPS) is 12.6. The van der Waals surface area contributed by atoms with Gasteiger partial charge in [0.25, 0.3) is 0 Å². The summed E-state index contributed by atoms with van der Waals surface area (Å²) in [6.07, 6.45) is 0.449. The van der Waals surface area contributed by atoms with Crippen LogP contribution in [0, 0.1) is 11.3 Å². The van der Waals surface area contributed by atoms with E-state index < -0.39 is 11.8 Å². The summed E-state index contributed by atoms with van der Waals surface area (Å²) in [5.74, 6) is -0.392. The lowest BCUT2D eigenvalue weighted by atomic mass is 10.1. The Hall–Kier alpha value is -2.06. The van der Waals surface area contributed by atoms with Gasteiger partial charge < -0.3 is 10.2 Å². The van der Waals surface area contributed by atoms with Gasteiger partial charge in [-0.3, -0.25) is 4.57 Å². The summed E-state index contributed by atoms with van der Waals surface area (Å²) < 4.78 is 6.47. The Morgan fingerprint density at radius 3 is 3.06 bits per heavy atom. The number of fused-ring (bicyclic) bond motifs is 1. The zero-order chi connectivity index (χ0) is 11.7. The maximum absolute atomic E-state index is 11.2. The number of hydrogen-bond acceptors (Lipinski definition) is 4. The van der Waals surface area contributed by atoms with Crippen LogP contribution in [0.3, 0.4) is 0 Å². The highest BCUT2D eigenvalue weighted by Gasteiger charge is 2.08. The molecule has 0 aliphatic rings. The van der Waals surface area contributed by atoms with Crippen LogP contribution in [-0.2, 0) is 13.5 Å². The minimum absolute atomic E-state index is 0.392. The summed E-state index contributed by atoms with van der Waals surface area (Å²) in [6, 6.07) is 6.80. The zero-order valence-electron chi connectivity index (χ0n) is 8.80. The topological polar surface area (TPSA) is 84.9 Å². The molecule has 1 atom stereocenters. The van der Waals surface area contributed by atoms with Crippen LogP contribution in [0.25, 0.3) is 11.1 Å². The van der Waals surface area contributed by atoms with Crippen LogP contribution < -0.4 is 11.5 Å². The number of nitrogens with zero attached hydrogens (tertiary/aromatic N) is 2. The highest BCUT2D eigenvalue weighted by Crippen LogP contribution is 2.15. The molecule has 1 aromatic carbocycles. The van der Waals surface area contributed by atoms with Gasteiger partial charge in [0, 0.05) is 13.5 Å². The van der Waals surface area contributed by atoms with Crippen molar-refractivity contribution in [1.29, 1.82) is 5.26 Å². The Balaban J connectivity index is 2.46. The molecule has 1 aromatic heterocycles. The number of aryl methyl sites for hydroxylation is 1. The van der Waals surface area contributed by atoms with Crippen LogP contribution in [0.4, 0.5) is 0 Å². The maximum Gasteiger partial charge on any atom is 0.419 e. The largest absolute Gasteiger partial charge is 0.419 e. The van der Waals surface area contributed by atoms with E-state index in [1.165, 1.54) is 4.57 Å². The first-order valence-electron chi connectivity index (χ1n) is 4.85. The number of rotatable bonds is 2. The Kier molecular flexibility index (Phi) is 2.50. The van der Waals surface area contributed by atoms with Gasteiger partial charge in [0.15, 0.2) is 5.58 Å². The molecule has 0 amide bonds. The number of hydrogen-bond donors (Lipinski definition) is 1. The van der Waals surface area contributed by atoms with Crippen LogP contribution in [0.1, 0.15) is 5.56 Å². The lowest BCUT2D eigenvalue weighted by Crippen LogP contribution is -2.19. The van der Waals surface area contributed by atoms with Gasteiger partial charge in [-0.15, -0.1) is 0 Å². The lowest BCUT2D eigenvalue weighted by molar-refractivity contribution is 0.528. The molecule has 0 saturated heterocycles. The molecule has 16 heavy (non-hydrogen) atoms. The highest BCUT2D eigenvalue weighted by molar-refractivity contribution is 5.73. The van der Waals surface area contributed by atoms with Gasteiger partial charge in [0.05, 0.1) is 17.6 Å². The molecule has 5 nitrogen and oxygen atoms in total. The van der Waals surface area contributed by atoms with E-state index in [4.69, 9.17) is 15.4 Å². The third-order valence-corrected chi connectivity index (χ3v) is 2.48. The second-order valence-electron chi connectivity index (χ2n) is 3.67. The van der Waals surface area contributed by atoms with Gasteiger partial charge in [0.1, 0.15) is 0 Å². The molecular formula is C11H11N3O2. The van der Waals surface area contributed by atoms with E-state index in [1.54, 1.807) is 19.2 Å². The molecule has 2 rings (SSSR count). The summed E-state index contributed by atoms with van der Waals surface area (Å²) >= 11 is 0. The Morgan fingerprint density at radius 2 is 2.38 bits per heavy atom. The number of nitrogens with two attached hydrogens (primary N) is 1. The van der Waals surface area contributed by atoms with Gasteiger partial charge >= 0.3 is 5.76 Å². The predicted octanol–water partition coefficient (Wildman–Crippen LogP) is 0.525. The first kappa shape index (κ1) is 10.5. The Labute approximate surface area is 91.7 Å². The van der Waals surface area contributed by atoms with Gasteiger partial charge in [-0.25, -0.2) is 4.79 Å². The molecule has 0 aliphatic heterocycles. The maximum atomic E-state index is 11.2. The van der Waals surface area contributed by atoms with Gasteiger partial charge in [-0.2, -0.15) is 5.26 Å². The fraction of sp³-hybridized carbons (Fsp3) is 0.273. The molecule has 5 heteroatoms. The Morgan fingerprint density at radius 1 is 1.62 bits per heavy atom. The van der Waals surface area contributed by atoms with Crippen molar-refractivity contribution >= 4 is 11.1 Å². The van der Waals surface area contributed by atoms with Crippen molar-refractivity contribution < 1.29 is 4.42 Å². The molecule has 0 fully saturated rings. The second kappa shape index (κ2) is 3.83. The van der Waals surface area contributed by atoms with Crippen molar-refractivity contribution in [2.45, 2.75) is 12.5 Å². The summed E-state index contributed by atoms with van der Waals surface area (Å²) in [5.41, 5.74) is 7.67. The summed E-state index contributed by atoms with van der Waals surface area (Å²) in [7, 11) is 1.65. The van der Waals surface area contributed by atoms with E-state index in [2.05, 4.69) is 0 Å². The van der Waals surface area contributed by atoms with E-state index in [0.29, 0.717) is 12.0 Å². The Bertz CT molecular complexity index is 618. The minimum atomic E-state index is -0.534. The van der Waals surface area contributed by atoms with E-state index in [9.17, 15) is 4.79 Å². The molecule has 2 N–H and O–H groups in total. The lowest BCUT2D eigenvalue weighted by Gasteiger charge is -2.02. The first-order valence-corrected chi connectivity index (χ1v) is 4.85. The molecule has 82 valence electrons. The fourth-order valence-electron chi connectivity index (χ4n) is 1.60. The minimum Gasteiger partial charge on any atom is -0.408 e. The van der Waals surface area contributed by atoms with Crippen LogP contribution in [0.5, 0.6) is 0 Å². The SMILES string of the molecule is Cn1c(=O)oc2cc(CC(N)C#N)ccc21. The summed E-state index contributed by atoms with van der Waals surface area (Å²) in [5, 5.41) is 8.61. The fourth-order valence-corrected chi connectivity index (χ4v) is 1.60. The quantitative estimate of drug-likeness (QED) is 0.794. The molecule has 0 radical (unpaired) electrons. The van der Waals surface area contributed by atoms with Crippen molar-refractivity contribution in [2.24, 2.45) is 12.8 Å². The molecule has 2 aromatic rings. The second-order valence-corrected chi connectivity index (χ2v) is 3.67. The molecule has 0 aliphatic carbocycles. The van der Waals surface area contributed by atoms with E-state index in [-0.39, 0.29) is 0 Å². The van der Waals surface area contributed by atoms with Crippen molar-refractivity contribution in [1.82, 2.24) is 4.57 Å². The number of oxazole rings is 1. The summed E-state index contributed by atoms with van der Waals surface area (Å²) in [4.78, 5) is 11.2. The third kappa shape index (κ3) is 1.71. The first-order chi connectivity index (χ1) is 7.61. The van der Waals surface area contributed by atoms with Crippen molar-refractivity contribution in [2.75, 3.05) is 0 Å². The van der Waals surface area contributed by atoms with Gasteiger partial charge in [-0.1, -0.05) is 6.07 Å². The monoisotopic (exact) mass is 217 g/mol. The molecule has 0 spiro atoms. The van der Waals surface area contributed by atoms with Crippen LogP contribution in [-0.4, -0.2) is 10.6 Å². The third-order valence-electron chi connectivity index (χ3n) is 2.48. The van der Waals surface area contributed by atoms with Crippen LogP contribution in [0.15, 0.2) is 27.4 Å². The van der Waals surface area contributed by atoms with Gasteiger partial charge in [-0.05, 0) is 17.7 Å². The highest BCUT2D eigenvalue weighted by atomic mass is 16.4. The smallest absolute Gasteiger partial charge is 0.408 e. The van der Waals surface area contributed by atoms with Crippen molar-refractivity contribution in [3.8, 4) is 6.07 Å². The number of aromatic nitrogens is 1. The number of nitriles is 1. The van der Waals surface area contributed by atoms with Crippen LogP contribution in [0.2, 0.25) is 0 Å². The predicted molar refractivity (Wildman–Crippen MR) is 58.7 cm³/mol. The molecule has 1 unspecified atom stereocenters. The molecule has 0 bridgehead atoms. The van der Waals surface area contributed by atoms with Crippen LogP contribution >= 0.6 is 0 Å². The average Bonchev–Trinajstić information content (AvgIpc) is 2.54. The molecule has 0 saturated carbocycles. The summed E-state index contributed by atoms with van der Waals surface area (Å²) in [6.45, 7) is 0. The van der Waals surface area contributed by atoms with Gasteiger partial charge in [0.2, 0.25) is 0 Å². The van der Waals surface area contributed by atoms with Crippen molar-refractivity contribution in [3.63, 3.8) is 0 Å². The zero-order valence-corrected chi connectivity index (χ0v) is 8.80. The van der Waals surface area contributed by atoms with Crippen molar-refractivity contribution in [3.05, 3.63) is 34.3 Å². The van der Waals surface area contributed by atoms with E-state index >= 15 is 0 Å². The average molecular weight is 217 g/mol. The number of benzene rings is 1. The molecular weight excluding hydrogens is 206 g/mol. The van der Waals surface area contributed by atoms with E-state index in [0.717, 1.165) is 11.1 Å². The van der Waals surface area contributed by atoms with E-state index in [1.807, 2.05) is 12.1 Å². The standard InChI is InChI=1S/C11H11N3O2/c1-14-9-3-2-7(4-8(13)6-12)5-10(9)16-11(14)15/h2-3,5,8H,4,13H2,1H3. The molecule has 1 heterocycles.